The van der Waals surface area contributed by atoms with Crippen molar-refractivity contribution in [2.24, 2.45) is 5.92 Å². The zero-order valence-electron chi connectivity index (χ0n) is 10.3. The maximum absolute atomic E-state index is 11.6. The van der Waals surface area contributed by atoms with Crippen molar-refractivity contribution in [3.05, 3.63) is 28.0 Å². The van der Waals surface area contributed by atoms with Crippen LogP contribution in [0, 0.1) is 16.0 Å². The average molecular weight is 270 g/mol. The average Bonchev–Trinajstić information content (AvgIpc) is 2.83. The Balaban J connectivity index is 2.58. The van der Waals surface area contributed by atoms with Crippen LogP contribution < -0.4 is 5.32 Å². The van der Waals surface area contributed by atoms with Crippen LogP contribution >= 0.6 is 0 Å². The van der Waals surface area contributed by atoms with E-state index in [0.717, 1.165) is 6.07 Å². The van der Waals surface area contributed by atoms with Crippen molar-refractivity contribution < 1.29 is 24.0 Å². The molecule has 8 nitrogen and oxygen atoms in total. The molecule has 0 aliphatic heterocycles. The molecule has 19 heavy (non-hydrogen) atoms. The summed E-state index contributed by atoms with van der Waals surface area (Å²) < 4.78 is 4.70. The maximum Gasteiger partial charge on any atom is 0.433 e. The second-order valence-electron chi connectivity index (χ2n) is 3.93. The Labute approximate surface area is 108 Å². The lowest BCUT2D eigenvalue weighted by Crippen LogP contribution is -2.32. The van der Waals surface area contributed by atoms with Crippen molar-refractivity contribution in [3.8, 4) is 0 Å². The molecule has 1 amide bonds. The van der Waals surface area contributed by atoms with E-state index in [4.69, 9.17) is 9.52 Å². The molecular weight excluding hydrogens is 256 g/mol. The van der Waals surface area contributed by atoms with Gasteiger partial charge in [0.2, 0.25) is 0 Å². The van der Waals surface area contributed by atoms with Gasteiger partial charge in [-0.05, 0) is 12.5 Å². The Morgan fingerprint density at radius 2 is 2.21 bits per heavy atom. The SMILES string of the molecule is CCCC(CNC(=O)c1ccc([N+](=O)[O-])o1)C(=O)O. The highest BCUT2D eigenvalue weighted by Gasteiger charge is 2.20. The van der Waals surface area contributed by atoms with Gasteiger partial charge in [-0.25, -0.2) is 0 Å². The number of amides is 1. The molecule has 1 aromatic heterocycles. The van der Waals surface area contributed by atoms with E-state index in [1.165, 1.54) is 6.07 Å². The minimum absolute atomic E-state index is 0.0451. The molecule has 1 unspecified atom stereocenters. The number of nitrogens with zero attached hydrogens (tertiary/aromatic N) is 1. The van der Waals surface area contributed by atoms with E-state index in [0.29, 0.717) is 12.8 Å². The van der Waals surface area contributed by atoms with Crippen molar-refractivity contribution >= 4 is 17.8 Å². The number of furan rings is 1. The quantitative estimate of drug-likeness (QED) is 0.570. The van der Waals surface area contributed by atoms with Gasteiger partial charge in [-0.2, -0.15) is 0 Å². The number of carbonyl (C=O) groups is 2. The van der Waals surface area contributed by atoms with Gasteiger partial charge in [0.15, 0.2) is 5.76 Å². The minimum Gasteiger partial charge on any atom is -0.481 e. The highest BCUT2D eigenvalue weighted by atomic mass is 16.6. The summed E-state index contributed by atoms with van der Waals surface area (Å²) in [4.78, 5) is 32.1. The molecule has 0 aliphatic carbocycles. The van der Waals surface area contributed by atoms with Gasteiger partial charge in [0, 0.05) is 6.54 Å². The van der Waals surface area contributed by atoms with Crippen LogP contribution in [0.1, 0.15) is 30.3 Å². The third-order valence-corrected chi connectivity index (χ3v) is 2.49. The summed E-state index contributed by atoms with van der Waals surface area (Å²) in [7, 11) is 0. The van der Waals surface area contributed by atoms with Crippen LogP contribution in [0.4, 0.5) is 5.88 Å². The van der Waals surface area contributed by atoms with Gasteiger partial charge in [-0.3, -0.25) is 19.7 Å². The standard InChI is InChI=1S/C11H14N2O6/c1-2-3-7(11(15)16)6-12-10(14)8-4-5-9(19-8)13(17)18/h4-5,7H,2-3,6H2,1H3,(H,12,14)(H,15,16). The monoisotopic (exact) mass is 270 g/mol. The van der Waals surface area contributed by atoms with E-state index in [1.54, 1.807) is 0 Å². The number of nitrogens with one attached hydrogen (secondary N) is 1. The van der Waals surface area contributed by atoms with E-state index < -0.39 is 28.6 Å². The Morgan fingerprint density at radius 3 is 2.68 bits per heavy atom. The summed E-state index contributed by atoms with van der Waals surface area (Å²) in [6, 6.07) is 2.23. The number of carboxylic acids is 1. The Hall–Kier alpha value is -2.38. The molecule has 0 aliphatic rings. The van der Waals surface area contributed by atoms with E-state index in [-0.39, 0.29) is 12.3 Å². The number of hydrogen-bond acceptors (Lipinski definition) is 5. The van der Waals surface area contributed by atoms with Gasteiger partial charge in [-0.1, -0.05) is 13.3 Å². The number of carbonyl (C=O) groups excluding carboxylic acids is 1. The number of carboxylic acid groups (broad SMARTS) is 1. The van der Waals surface area contributed by atoms with Crippen molar-refractivity contribution in [3.63, 3.8) is 0 Å². The first-order valence-electron chi connectivity index (χ1n) is 5.71. The van der Waals surface area contributed by atoms with Gasteiger partial charge in [-0.15, -0.1) is 0 Å². The van der Waals surface area contributed by atoms with Crippen LogP contribution in [-0.4, -0.2) is 28.5 Å². The number of hydrogen-bond donors (Lipinski definition) is 2. The summed E-state index contributed by atoms with van der Waals surface area (Å²) in [5, 5.41) is 21.7. The molecule has 0 radical (unpaired) electrons. The molecule has 1 atom stereocenters. The molecule has 1 aromatic rings. The molecule has 0 saturated carbocycles. The summed E-state index contributed by atoms with van der Waals surface area (Å²) in [5.74, 6) is -3.09. The third-order valence-electron chi connectivity index (χ3n) is 2.49. The first-order chi connectivity index (χ1) is 8.95. The highest BCUT2D eigenvalue weighted by Crippen LogP contribution is 2.15. The van der Waals surface area contributed by atoms with Crippen LogP contribution in [0.25, 0.3) is 0 Å². The lowest BCUT2D eigenvalue weighted by Gasteiger charge is -2.11. The molecule has 0 spiro atoms. The second kappa shape index (κ2) is 6.53. The molecule has 0 fully saturated rings. The molecule has 8 heteroatoms. The van der Waals surface area contributed by atoms with Crippen LogP contribution in [0.15, 0.2) is 16.5 Å². The molecular formula is C11H14N2O6. The smallest absolute Gasteiger partial charge is 0.433 e. The van der Waals surface area contributed by atoms with E-state index in [2.05, 4.69) is 5.32 Å². The zero-order chi connectivity index (χ0) is 14.4. The van der Waals surface area contributed by atoms with Crippen molar-refractivity contribution in [1.82, 2.24) is 5.32 Å². The van der Waals surface area contributed by atoms with Gasteiger partial charge in [0.1, 0.15) is 4.92 Å². The summed E-state index contributed by atoms with van der Waals surface area (Å²) >= 11 is 0. The topological polar surface area (TPSA) is 123 Å². The predicted octanol–water partition coefficient (Wildman–Crippen LogP) is 1.42. The molecule has 1 heterocycles. The zero-order valence-corrected chi connectivity index (χ0v) is 10.3. The molecule has 0 aromatic carbocycles. The Bertz CT molecular complexity index is 481. The summed E-state index contributed by atoms with van der Waals surface area (Å²) in [6.07, 6.45) is 1.12. The predicted molar refractivity (Wildman–Crippen MR) is 63.7 cm³/mol. The third kappa shape index (κ3) is 4.09. The van der Waals surface area contributed by atoms with Gasteiger partial charge in [0.25, 0.3) is 5.91 Å². The highest BCUT2D eigenvalue weighted by molar-refractivity contribution is 5.91. The fraction of sp³-hybridized carbons (Fsp3) is 0.455. The normalized spacial score (nSPS) is 11.8. The lowest BCUT2D eigenvalue weighted by atomic mass is 10.0. The summed E-state index contributed by atoms with van der Waals surface area (Å²) in [5.41, 5.74) is 0. The first-order valence-corrected chi connectivity index (χ1v) is 5.71. The van der Waals surface area contributed by atoms with Crippen molar-refractivity contribution in [1.29, 1.82) is 0 Å². The Kier molecular flexibility index (Phi) is 5.04. The van der Waals surface area contributed by atoms with Crippen molar-refractivity contribution in [2.45, 2.75) is 19.8 Å². The second-order valence-corrected chi connectivity index (χ2v) is 3.93. The summed E-state index contributed by atoms with van der Waals surface area (Å²) in [6.45, 7) is 1.80. The van der Waals surface area contributed by atoms with Crippen LogP contribution in [0.3, 0.4) is 0 Å². The largest absolute Gasteiger partial charge is 0.481 e. The van der Waals surface area contributed by atoms with Gasteiger partial charge in [0.05, 0.1) is 12.0 Å². The molecule has 0 bridgehead atoms. The molecule has 0 saturated heterocycles. The van der Waals surface area contributed by atoms with Gasteiger partial charge >= 0.3 is 11.9 Å². The first kappa shape index (κ1) is 14.7. The number of aliphatic carboxylic acids is 1. The maximum atomic E-state index is 11.6. The number of rotatable bonds is 7. The number of nitro groups is 1. The van der Waals surface area contributed by atoms with Crippen molar-refractivity contribution in [2.75, 3.05) is 6.54 Å². The molecule has 1 rings (SSSR count). The van der Waals surface area contributed by atoms with E-state index in [1.807, 2.05) is 6.92 Å². The minimum atomic E-state index is -0.993. The fourth-order valence-corrected chi connectivity index (χ4v) is 1.51. The molecule has 2 N–H and O–H groups in total. The lowest BCUT2D eigenvalue weighted by molar-refractivity contribution is -0.402. The van der Waals surface area contributed by atoms with Crippen LogP contribution in [0.5, 0.6) is 0 Å². The van der Waals surface area contributed by atoms with Crippen LogP contribution in [-0.2, 0) is 4.79 Å². The van der Waals surface area contributed by atoms with Gasteiger partial charge < -0.3 is 14.8 Å². The molecule has 104 valence electrons. The fourth-order valence-electron chi connectivity index (χ4n) is 1.51. The Morgan fingerprint density at radius 1 is 1.53 bits per heavy atom. The van der Waals surface area contributed by atoms with Crippen LogP contribution in [0.2, 0.25) is 0 Å². The van der Waals surface area contributed by atoms with E-state index in [9.17, 15) is 19.7 Å². The van der Waals surface area contributed by atoms with E-state index >= 15 is 0 Å².